The maximum atomic E-state index is 11.0. The third-order valence-corrected chi connectivity index (χ3v) is 2.85. The van der Waals surface area contributed by atoms with Crippen LogP contribution in [0.5, 0.6) is 0 Å². The topological polar surface area (TPSA) is 86.9 Å². The van der Waals surface area contributed by atoms with E-state index in [2.05, 4.69) is 21.0 Å². The lowest BCUT2D eigenvalue weighted by Crippen LogP contribution is -2.12. The molecule has 1 aromatic carbocycles. The number of nitrogens with two attached hydrogens (primary N) is 2. The molecule has 88 valence electrons. The van der Waals surface area contributed by atoms with Crippen molar-refractivity contribution >= 4 is 21.8 Å². The molecule has 0 fully saturated rings. The Morgan fingerprint density at radius 2 is 2.18 bits per heavy atom. The lowest BCUT2D eigenvalue weighted by Gasteiger charge is -2.08. The van der Waals surface area contributed by atoms with E-state index >= 15 is 0 Å². The summed E-state index contributed by atoms with van der Waals surface area (Å²) >= 11 is 3.38. The molecule has 0 aliphatic rings. The van der Waals surface area contributed by atoms with Gasteiger partial charge in [0.1, 0.15) is 5.69 Å². The highest BCUT2D eigenvalue weighted by atomic mass is 79.9. The van der Waals surface area contributed by atoms with Gasteiger partial charge in [-0.2, -0.15) is 5.10 Å². The number of hydrogen-bond acceptors (Lipinski definition) is 3. The Morgan fingerprint density at radius 1 is 1.41 bits per heavy atom. The van der Waals surface area contributed by atoms with E-state index in [1.165, 1.54) is 0 Å². The minimum atomic E-state index is -0.548. The van der Waals surface area contributed by atoms with Crippen LogP contribution in [-0.4, -0.2) is 15.7 Å². The summed E-state index contributed by atoms with van der Waals surface area (Å²) < 4.78 is 2.51. The summed E-state index contributed by atoms with van der Waals surface area (Å²) in [5.41, 5.74) is 12.8. The molecule has 0 spiro atoms. The minimum absolute atomic E-state index is 0.230. The number of carbonyl (C=O) groups excluding carboxylic acids is 1. The smallest absolute Gasteiger partial charge is 0.269 e. The molecule has 0 aliphatic carbocycles. The molecule has 17 heavy (non-hydrogen) atoms. The second-order valence-electron chi connectivity index (χ2n) is 3.49. The average molecular weight is 295 g/mol. The minimum Gasteiger partial charge on any atom is -0.364 e. The number of benzene rings is 1. The quantitative estimate of drug-likeness (QED) is 0.891. The summed E-state index contributed by atoms with van der Waals surface area (Å²) in [7, 11) is 0. The number of aromatic nitrogens is 2. The van der Waals surface area contributed by atoms with Gasteiger partial charge in [0, 0.05) is 17.2 Å². The molecule has 0 unspecified atom stereocenters. The Hall–Kier alpha value is -1.66. The summed E-state index contributed by atoms with van der Waals surface area (Å²) in [4.78, 5) is 11.0. The monoisotopic (exact) mass is 294 g/mol. The molecule has 0 bridgehead atoms. The van der Waals surface area contributed by atoms with Gasteiger partial charge in [-0.15, -0.1) is 0 Å². The number of amides is 1. The van der Waals surface area contributed by atoms with Crippen molar-refractivity contribution < 1.29 is 4.79 Å². The highest BCUT2D eigenvalue weighted by molar-refractivity contribution is 9.10. The SMILES string of the molecule is NCc1ccc(Br)cc1-n1ccc(C(N)=O)n1. The Balaban J connectivity index is 2.51. The summed E-state index contributed by atoms with van der Waals surface area (Å²) in [6, 6.07) is 7.28. The number of nitrogens with zero attached hydrogens (tertiary/aromatic N) is 2. The molecular formula is C11H11BrN4O. The number of halogens is 1. The lowest BCUT2D eigenvalue weighted by molar-refractivity contribution is 0.0995. The fourth-order valence-electron chi connectivity index (χ4n) is 1.51. The van der Waals surface area contributed by atoms with Crippen LogP contribution in [-0.2, 0) is 6.54 Å². The number of hydrogen-bond donors (Lipinski definition) is 2. The fraction of sp³-hybridized carbons (Fsp3) is 0.0909. The van der Waals surface area contributed by atoms with E-state index in [1.807, 2.05) is 18.2 Å². The van der Waals surface area contributed by atoms with Gasteiger partial charge in [0.15, 0.2) is 0 Å². The van der Waals surface area contributed by atoms with E-state index in [0.717, 1.165) is 15.7 Å². The van der Waals surface area contributed by atoms with E-state index in [1.54, 1.807) is 16.9 Å². The number of carbonyl (C=O) groups is 1. The van der Waals surface area contributed by atoms with Crippen molar-refractivity contribution in [3.8, 4) is 5.69 Å². The van der Waals surface area contributed by atoms with Gasteiger partial charge in [-0.1, -0.05) is 22.0 Å². The van der Waals surface area contributed by atoms with Gasteiger partial charge in [0.05, 0.1) is 5.69 Å². The first kappa shape index (κ1) is 11.8. The van der Waals surface area contributed by atoms with Crippen molar-refractivity contribution in [2.24, 2.45) is 11.5 Å². The molecule has 0 atom stereocenters. The molecule has 0 saturated heterocycles. The number of primary amides is 1. The highest BCUT2D eigenvalue weighted by Gasteiger charge is 2.09. The zero-order valence-corrected chi connectivity index (χ0v) is 10.5. The average Bonchev–Trinajstić information content (AvgIpc) is 2.78. The molecule has 1 heterocycles. The Bertz CT molecular complexity index is 564. The van der Waals surface area contributed by atoms with Crippen LogP contribution in [0.2, 0.25) is 0 Å². The van der Waals surface area contributed by atoms with Gasteiger partial charge in [-0.3, -0.25) is 4.79 Å². The highest BCUT2D eigenvalue weighted by Crippen LogP contribution is 2.19. The van der Waals surface area contributed by atoms with Gasteiger partial charge < -0.3 is 11.5 Å². The zero-order chi connectivity index (χ0) is 12.4. The van der Waals surface area contributed by atoms with Crippen LogP contribution >= 0.6 is 15.9 Å². The first-order valence-corrected chi connectivity index (χ1v) is 5.75. The second kappa shape index (κ2) is 4.68. The Kier molecular flexibility index (Phi) is 3.26. The van der Waals surface area contributed by atoms with Crippen molar-refractivity contribution in [2.45, 2.75) is 6.54 Å². The maximum absolute atomic E-state index is 11.0. The van der Waals surface area contributed by atoms with Crippen LogP contribution in [0.4, 0.5) is 0 Å². The lowest BCUT2D eigenvalue weighted by atomic mass is 10.2. The van der Waals surface area contributed by atoms with Crippen molar-refractivity contribution in [3.05, 3.63) is 46.2 Å². The second-order valence-corrected chi connectivity index (χ2v) is 4.40. The van der Waals surface area contributed by atoms with E-state index in [4.69, 9.17) is 11.5 Å². The molecule has 0 saturated carbocycles. The third-order valence-electron chi connectivity index (χ3n) is 2.36. The summed E-state index contributed by atoms with van der Waals surface area (Å²) in [5, 5.41) is 4.10. The zero-order valence-electron chi connectivity index (χ0n) is 8.93. The van der Waals surface area contributed by atoms with E-state index < -0.39 is 5.91 Å². The van der Waals surface area contributed by atoms with Crippen molar-refractivity contribution in [3.63, 3.8) is 0 Å². The van der Waals surface area contributed by atoms with Crippen molar-refractivity contribution in [1.82, 2.24) is 9.78 Å². The maximum Gasteiger partial charge on any atom is 0.269 e. The van der Waals surface area contributed by atoms with E-state index in [0.29, 0.717) is 6.54 Å². The van der Waals surface area contributed by atoms with Crippen LogP contribution in [0.3, 0.4) is 0 Å². The molecular weight excluding hydrogens is 284 g/mol. The van der Waals surface area contributed by atoms with Gasteiger partial charge in [0.2, 0.25) is 0 Å². The molecule has 4 N–H and O–H groups in total. The fourth-order valence-corrected chi connectivity index (χ4v) is 1.86. The molecule has 0 aliphatic heterocycles. The molecule has 6 heteroatoms. The van der Waals surface area contributed by atoms with Crippen molar-refractivity contribution in [2.75, 3.05) is 0 Å². The Labute approximate surface area is 107 Å². The largest absolute Gasteiger partial charge is 0.364 e. The van der Waals surface area contributed by atoms with Crippen LogP contribution in [0.1, 0.15) is 16.1 Å². The summed E-state index contributed by atoms with van der Waals surface area (Å²) in [6.45, 7) is 0.397. The molecule has 0 radical (unpaired) electrons. The normalized spacial score (nSPS) is 10.5. The van der Waals surface area contributed by atoms with Gasteiger partial charge >= 0.3 is 0 Å². The molecule has 5 nitrogen and oxygen atoms in total. The van der Waals surface area contributed by atoms with E-state index in [9.17, 15) is 4.79 Å². The summed E-state index contributed by atoms with van der Waals surface area (Å²) in [6.07, 6.45) is 1.68. The standard InChI is InChI=1S/C11H11BrN4O/c12-8-2-1-7(6-13)10(5-8)16-4-3-9(15-16)11(14)17/h1-5H,6,13H2,(H2,14,17). The van der Waals surface area contributed by atoms with Crippen LogP contribution in [0.15, 0.2) is 34.9 Å². The van der Waals surface area contributed by atoms with Gasteiger partial charge in [-0.25, -0.2) is 4.68 Å². The van der Waals surface area contributed by atoms with Crippen molar-refractivity contribution in [1.29, 1.82) is 0 Å². The van der Waals surface area contributed by atoms with E-state index in [-0.39, 0.29) is 5.69 Å². The van der Waals surface area contributed by atoms with Gasteiger partial charge in [-0.05, 0) is 23.8 Å². The predicted octanol–water partition coefficient (Wildman–Crippen LogP) is 1.19. The Morgan fingerprint density at radius 3 is 2.76 bits per heavy atom. The van der Waals surface area contributed by atoms with Crippen LogP contribution in [0.25, 0.3) is 5.69 Å². The third kappa shape index (κ3) is 2.37. The number of rotatable bonds is 3. The van der Waals surface area contributed by atoms with Gasteiger partial charge in [0.25, 0.3) is 5.91 Å². The molecule has 1 aromatic heterocycles. The molecule has 2 rings (SSSR count). The van der Waals surface area contributed by atoms with Crippen LogP contribution in [0, 0.1) is 0 Å². The predicted molar refractivity (Wildman–Crippen MR) is 67.7 cm³/mol. The molecule has 1 amide bonds. The first-order valence-electron chi connectivity index (χ1n) is 4.96. The van der Waals surface area contributed by atoms with Crippen LogP contribution < -0.4 is 11.5 Å². The molecule has 2 aromatic rings. The first-order chi connectivity index (χ1) is 8.11. The summed E-state index contributed by atoms with van der Waals surface area (Å²) in [5.74, 6) is -0.548.